The van der Waals surface area contributed by atoms with Crippen LogP contribution >= 0.6 is 0 Å². The normalized spacial score (nSPS) is 25.5. The first-order chi connectivity index (χ1) is 23.5. The zero-order chi connectivity index (χ0) is 37.3. The first-order valence-electron chi connectivity index (χ1n) is 16.4. The maximum absolute atomic E-state index is 13.8. The number of carbonyl (C=O) groups is 6. The van der Waals surface area contributed by atoms with Gasteiger partial charge in [0.1, 0.15) is 18.3 Å². The van der Waals surface area contributed by atoms with Crippen LogP contribution in [0.25, 0.3) is 0 Å². The van der Waals surface area contributed by atoms with Crippen molar-refractivity contribution in [2.75, 3.05) is 5.32 Å². The number of para-hydroxylation sites is 1. The van der Waals surface area contributed by atoms with Crippen molar-refractivity contribution in [3.05, 3.63) is 59.7 Å². The number of hydrogen-bond acceptors (Lipinski definition) is 12. The number of aromatic hydroxyl groups is 1. The highest BCUT2D eigenvalue weighted by molar-refractivity contribution is 6.01. The number of hydrogen-bond donors (Lipinski definition) is 4. The van der Waals surface area contributed by atoms with E-state index < -0.39 is 89.3 Å². The van der Waals surface area contributed by atoms with Crippen LogP contribution < -0.4 is 10.6 Å². The molecule has 0 spiro atoms. The fraction of sp³-hybridized carbons (Fsp3) is 0.500. The van der Waals surface area contributed by atoms with Crippen molar-refractivity contribution < 1.29 is 57.9 Å². The number of phenolic OH excluding ortho intramolecular Hbond substituents is 1. The second kappa shape index (κ2) is 17.1. The number of aliphatic hydroxyl groups is 1. The number of amides is 2. The molecule has 14 nitrogen and oxygen atoms in total. The molecule has 14 heteroatoms. The fourth-order valence-corrected chi connectivity index (χ4v) is 5.21. The third-order valence-electron chi connectivity index (χ3n) is 8.68. The summed E-state index contributed by atoms with van der Waals surface area (Å²) in [5.74, 6) is -7.13. The molecule has 1 saturated heterocycles. The number of esters is 4. The quantitative estimate of drug-likeness (QED) is 0.129. The maximum atomic E-state index is 13.8. The van der Waals surface area contributed by atoms with Gasteiger partial charge in [0.25, 0.3) is 5.91 Å². The van der Waals surface area contributed by atoms with E-state index in [9.17, 15) is 39.0 Å². The molecule has 272 valence electrons. The van der Waals surface area contributed by atoms with Crippen molar-refractivity contribution in [1.82, 2.24) is 5.32 Å². The second-order valence-electron chi connectivity index (χ2n) is 13.2. The summed E-state index contributed by atoms with van der Waals surface area (Å²) in [5, 5.41) is 26.9. The minimum Gasteiger partial charge on any atom is -0.505 e. The summed E-state index contributed by atoms with van der Waals surface area (Å²) in [5.41, 5.74) is -1.48. The third kappa shape index (κ3) is 9.37. The van der Waals surface area contributed by atoms with Crippen LogP contribution in [-0.4, -0.2) is 83.0 Å². The van der Waals surface area contributed by atoms with E-state index in [0.29, 0.717) is 18.4 Å². The highest BCUT2D eigenvalue weighted by atomic mass is 16.6. The predicted octanol–water partition coefficient (Wildman–Crippen LogP) is 3.07. The molecule has 0 aliphatic carbocycles. The van der Waals surface area contributed by atoms with Crippen LogP contribution in [0.3, 0.4) is 0 Å². The smallest absolute Gasteiger partial charge is 0.348 e. The van der Waals surface area contributed by atoms with Gasteiger partial charge in [-0.1, -0.05) is 64.1 Å². The summed E-state index contributed by atoms with van der Waals surface area (Å²) in [6.45, 7) is 10.6. The number of nitrogens with one attached hydrogen (secondary N) is 2. The summed E-state index contributed by atoms with van der Waals surface area (Å²) < 4.78 is 22.7. The van der Waals surface area contributed by atoms with Crippen LogP contribution in [0.15, 0.2) is 48.5 Å². The van der Waals surface area contributed by atoms with Gasteiger partial charge in [0.05, 0.1) is 16.7 Å². The molecule has 1 fully saturated rings. The third-order valence-corrected chi connectivity index (χ3v) is 8.68. The molecule has 4 N–H and O–H groups in total. The van der Waals surface area contributed by atoms with Gasteiger partial charge >= 0.3 is 23.9 Å². The topological polar surface area (TPSA) is 204 Å². The Morgan fingerprint density at radius 2 is 1.54 bits per heavy atom. The summed E-state index contributed by atoms with van der Waals surface area (Å²) in [4.78, 5) is 79.3. The predicted molar refractivity (Wildman–Crippen MR) is 178 cm³/mol. The number of rotatable bonds is 9. The molecule has 7 atom stereocenters. The van der Waals surface area contributed by atoms with Crippen LogP contribution in [-0.2, 0) is 49.3 Å². The number of benzene rings is 2. The molecule has 1 aliphatic heterocycles. The summed E-state index contributed by atoms with van der Waals surface area (Å²) in [6, 6.07) is 10.9. The molecule has 1 aliphatic rings. The van der Waals surface area contributed by atoms with Crippen LogP contribution in [0.1, 0.15) is 70.8 Å². The Kier molecular flexibility index (Phi) is 13.5. The highest BCUT2D eigenvalue weighted by Gasteiger charge is 2.47. The van der Waals surface area contributed by atoms with Crippen molar-refractivity contribution >= 4 is 41.9 Å². The number of cyclic esters (lactones) is 4. The molecule has 50 heavy (non-hydrogen) atoms. The highest BCUT2D eigenvalue weighted by Crippen LogP contribution is 2.32. The molecule has 0 radical (unpaired) electrons. The molecule has 3 rings (SSSR count). The van der Waals surface area contributed by atoms with E-state index in [-0.39, 0.29) is 17.7 Å². The number of ether oxygens (including phenoxy) is 4. The van der Waals surface area contributed by atoms with Crippen LogP contribution in [0.2, 0.25) is 0 Å². The monoisotopic (exact) mass is 698 g/mol. The zero-order valence-corrected chi connectivity index (χ0v) is 29.2. The lowest BCUT2D eigenvalue weighted by Gasteiger charge is -2.35. The Hall–Kier alpha value is -4.98. The van der Waals surface area contributed by atoms with E-state index in [4.69, 9.17) is 18.9 Å². The van der Waals surface area contributed by atoms with Crippen molar-refractivity contribution in [3.8, 4) is 5.75 Å². The van der Waals surface area contributed by atoms with Gasteiger partial charge in [-0.3, -0.25) is 14.4 Å². The SMILES string of the molecule is CC[C@H](C)[C@H]1OC(=O)C(C)(C)[C@H](O)[C@H](Cc2ccccc2)OC(=O)[C@H](C(C)C)OC(=O)[C@@H](NC(=O)c2cccc(NC=O)c2O)[C@@H](C)OC1=O. The van der Waals surface area contributed by atoms with Gasteiger partial charge in [-0.15, -0.1) is 0 Å². The van der Waals surface area contributed by atoms with Gasteiger partial charge in [0, 0.05) is 18.3 Å². The first-order valence-corrected chi connectivity index (χ1v) is 16.4. The van der Waals surface area contributed by atoms with Crippen molar-refractivity contribution in [1.29, 1.82) is 0 Å². The Morgan fingerprint density at radius 3 is 2.14 bits per heavy atom. The standard InChI is InChI=1S/C36H46N2O12/c1-8-20(4)29-34(45)47-21(5)26(38-31(42)23-15-12-16-24(27(23)40)37-18-39)32(43)49-28(19(2)3)33(44)48-25(17-22-13-10-9-11-14-22)30(41)36(6,7)35(46)50-29/h9-16,18-21,25-26,28-30,40-41H,8,17H2,1-7H3,(H,37,39)(H,38,42)/t20-,21+,25-,26-,28-,29+,30+/m0/s1. The number of anilines is 1. The molecular formula is C36H46N2O12. The van der Waals surface area contributed by atoms with Crippen molar-refractivity contribution in [2.24, 2.45) is 17.3 Å². The van der Waals surface area contributed by atoms with Gasteiger partial charge in [-0.05, 0) is 44.9 Å². The van der Waals surface area contributed by atoms with E-state index in [0.717, 1.165) is 0 Å². The van der Waals surface area contributed by atoms with Gasteiger partial charge in [-0.2, -0.15) is 0 Å². The second-order valence-corrected chi connectivity index (χ2v) is 13.2. The molecule has 0 saturated carbocycles. The molecule has 0 aromatic heterocycles. The molecule has 0 unspecified atom stereocenters. The maximum Gasteiger partial charge on any atom is 0.348 e. The summed E-state index contributed by atoms with van der Waals surface area (Å²) in [7, 11) is 0. The molecule has 2 aromatic rings. The number of aliphatic hydroxyl groups excluding tert-OH is 1. The van der Waals surface area contributed by atoms with Gasteiger partial charge in [0.2, 0.25) is 18.6 Å². The Bertz CT molecular complexity index is 1540. The van der Waals surface area contributed by atoms with Crippen molar-refractivity contribution in [2.45, 2.75) is 97.9 Å². The minimum absolute atomic E-state index is 0.0305. The summed E-state index contributed by atoms with van der Waals surface area (Å²) >= 11 is 0. The summed E-state index contributed by atoms with van der Waals surface area (Å²) in [6.07, 6.45) is -6.89. The lowest BCUT2D eigenvalue weighted by atomic mass is 9.81. The lowest BCUT2D eigenvalue weighted by molar-refractivity contribution is -0.190. The average Bonchev–Trinajstić information content (AvgIpc) is 3.07. The number of carbonyl (C=O) groups excluding carboxylic acids is 6. The largest absolute Gasteiger partial charge is 0.505 e. The Labute approximate surface area is 290 Å². The number of phenols is 1. The minimum atomic E-state index is -1.76. The van der Waals surface area contributed by atoms with E-state index in [1.807, 2.05) is 0 Å². The van der Waals surface area contributed by atoms with Gasteiger partial charge in [0.15, 0.2) is 11.8 Å². The molecule has 2 aromatic carbocycles. The Balaban J connectivity index is 2.12. The molecule has 2 amide bonds. The van der Waals surface area contributed by atoms with E-state index in [1.165, 1.54) is 39.0 Å². The first kappa shape index (κ1) is 39.5. The van der Waals surface area contributed by atoms with E-state index >= 15 is 0 Å². The van der Waals surface area contributed by atoms with Gasteiger partial charge < -0.3 is 39.8 Å². The van der Waals surface area contributed by atoms with E-state index in [1.54, 1.807) is 58.0 Å². The van der Waals surface area contributed by atoms with Crippen molar-refractivity contribution in [3.63, 3.8) is 0 Å². The average molecular weight is 699 g/mol. The van der Waals surface area contributed by atoms with Crippen LogP contribution in [0.4, 0.5) is 5.69 Å². The molecule has 1 heterocycles. The zero-order valence-electron chi connectivity index (χ0n) is 29.2. The van der Waals surface area contributed by atoms with Crippen LogP contribution in [0.5, 0.6) is 5.75 Å². The van der Waals surface area contributed by atoms with Crippen LogP contribution in [0, 0.1) is 17.3 Å². The van der Waals surface area contributed by atoms with E-state index in [2.05, 4.69) is 10.6 Å². The molecule has 0 bridgehead atoms. The Morgan fingerprint density at radius 1 is 0.900 bits per heavy atom. The lowest BCUT2D eigenvalue weighted by Crippen LogP contribution is -2.52. The fourth-order valence-electron chi connectivity index (χ4n) is 5.21. The molecular weight excluding hydrogens is 652 g/mol. The van der Waals surface area contributed by atoms with Gasteiger partial charge in [-0.25, -0.2) is 14.4 Å².